The summed E-state index contributed by atoms with van der Waals surface area (Å²) in [5, 5.41) is 14.3. The van der Waals surface area contributed by atoms with Crippen LogP contribution in [0.25, 0.3) is 10.8 Å². The minimum absolute atomic E-state index is 0.195. The maximum atomic E-state index is 12.3. The summed E-state index contributed by atoms with van der Waals surface area (Å²) in [6.07, 6.45) is 0.676. The zero-order chi connectivity index (χ0) is 15.6. The molecule has 0 saturated carbocycles. The number of fused-ring (bicyclic) bond motifs is 1. The van der Waals surface area contributed by atoms with E-state index in [1.807, 2.05) is 42.5 Å². The van der Waals surface area contributed by atoms with Gasteiger partial charge < -0.3 is 10.4 Å². The highest BCUT2D eigenvalue weighted by Crippen LogP contribution is 2.28. The van der Waals surface area contributed by atoms with Gasteiger partial charge in [-0.05, 0) is 28.5 Å². The van der Waals surface area contributed by atoms with Crippen molar-refractivity contribution >= 4 is 34.4 Å². The van der Waals surface area contributed by atoms with Gasteiger partial charge in [-0.1, -0.05) is 42.5 Å². The lowest BCUT2D eigenvalue weighted by molar-refractivity contribution is -0.146. The van der Waals surface area contributed by atoms with Gasteiger partial charge in [0.15, 0.2) is 0 Å². The number of carbonyl (C=O) groups excluding carboxylic acids is 1. The maximum absolute atomic E-state index is 12.3. The molecule has 5 heteroatoms. The van der Waals surface area contributed by atoms with Gasteiger partial charge in [0, 0.05) is 5.75 Å². The molecule has 2 N–H and O–H groups in total. The van der Waals surface area contributed by atoms with Gasteiger partial charge in [-0.25, -0.2) is 4.79 Å². The average Bonchev–Trinajstić information content (AvgIpc) is 2.97. The number of benzene rings is 2. The van der Waals surface area contributed by atoms with Crippen LogP contribution in [0.3, 0.4) is 0 Å². The molecule has 22 heavy (non-hydrogen) atoms. The zero-order valence-electron chi connectivity index (χ0n) is 12.0. The summed E-state index contributed by atoms with van der Waals surface area (Å²) in [5.74, 6) is 0.0230. The second-order valence-corrected chi connectivity index (χ2v) is 6.66. The lowest BCUT2D eigenvalue weighted by atomic mass is 9.97. The largest absolute Gasteiger partial charge is 0.479 e. The van der Waals surface area contributed by atoms with Crippen LogP contribution in [0, 0.1) is 0 Å². The number of hydrogen-bond acceptors (Lipinski definition) is 3. The van der Waals surface area contributed by atoms with Crippen molar-refractivity contribution in [1.29, 1.82) is 0 Å². The van der Waals surface area contributed by atoms with Crippen molar-refractivity contribution in [3.63, 3.8) is 0 Å². The summed E-state index contributed by atoms with van der Waals surface area (Å²) in [6.45, 7) is 0. The highest BCUT2D eigenvalue weighted by atomic mass is 32.2. The van der Waals surface area contributed by atoms with Gasteiger partial charge in [-0.15, -0.1) is 0 Å². The molecule has 1 aliphatic heterocycles. The van der Waals surface area contributed by atoms with Crippen LogP contribution in [0.5, 0.6) is 0 Å². The zero-order valence-corrected chi connectivity index (χ0v) is 12.9. The monoisotopic (exact) mass is 315 g/mol. The number of nitrogens with one attached hydrogen (secondary N) is 1. The number of carboxylic acid groups (broad SMARTS) is 1. The first kappa shape index (κ1) is 14.9. The molecule has 1 amide bonds. The number of thioether (sulfide) groups is 1. The molecule has 0 radical (unpaired) electrons. The Hall–Kier alpha value is -2.01. The highest BCUT2D eigenvalue weighted by molar-refractivity contribution is 7.99. The van der Waals surface area contributed by atoms with Crippen molar-refractivity contribution in [3.05, 3.63) is 48.0 Å². The predicted molar refractivity (Wildman–Crippen MR) is 88.1 cm³/mol. The van der Waals surface area contributed by atoms with Crippen LogP contribution in [-0.4, -0.2) is 34.0 Å². The molecule has 2 aromatic rings. The molecule has 1 atom stereocenters. The Morgan fingerprint density at radius 2 is 1.95 bits per heavy atom. The molecule has 114 valence electrons. The topological polar surface area (TPSA) is 66.4 Å². The van der Waals surface area contributed by atoms with E-state index in [0.717, 1.165) is 22.1 Å². The summed E-state index contributed by atoms with van der Waals surface area (Å²) in [5.41, 5.74) is -0.187. The van der Waals surface area contributed by atoms with Crippen LogP contribution in [0.4, 0.5) is 0 Å². The Morgan fingerprint density at radius 3 is 2.68 bits per heavy atom. The Labute approximate surface area is 132 Å². The first-order valence-corrected chi connectivity index (χ1v) is 8.35. The third-order valence-electron chi connectivity index (χ3n) is 4.04. The van der Waals surface area contributed by atoms with Gasteiger partial charge in [0.25, 0.3) is 0 Å². The molecule has 1 fully saturated rings. The SMILES string of the molecule is O=C(Cc1cccc2ccccc12)NC1(C(=O)O)CCSC1. The van der Waals surface area contributed by atoms with Gasteiger partial charge in [-0.3, -0.25) is 4.79 Å². The van der Waals surface area contributed by atoms with Crippen molar-refractivity contribution in [3.8, 4) is 0 Å². The van der Waals surface area contributed by atoms with E-state index in [4.69, 9.17) is 0 Å². The predicted octanol–water partition coefficient (Wildman–Crippen LogP) is 2.46. The third-order valence-corrected chi connectivity index (χ3v) is 5.23. The fraction of sp³-hybridized carbons (Fsp3) is 0.294. The molecule has 0 bridgehead atoms. The van der Waals surface area contributed by atoms with Gasteiger partial charge >= 0.3 is 5.97 Å². The van der Waals surface area contributed by atoms with Crippen LogP contribution in [0.1, 0.15) is 12.0 Å². The number of carbonyl (C=O) groups is 2. The van der Waals surface area contributed by atoms with Crippen LogP contribution < -0.4 is 5.32 Å². The molecule has 3 rings (SSSR count). The minimum atomic E-state index is -1.10. The summed E-state index contributed by atoms with van der Waals surface area (Å²) in [7, 11) is 0. The molecule has 1 heterocycles. The first-order valence-electron chi connectivity index (χ1n) is 7.19. The van der Waals surface area contributed by atoms with Crippen molar-refractivity contribution in [2.45, 2.75) is 18.4 Å². The molecular weight excluding hydrogens is 298 g/mol. The van der Waals surface area contributed by atoms with Crippen molar-refractivity contribution in [2.75, 3.05) is 11.5 Å². The lowest BCUT2D eigenvalue weighted by Crippen LogP contribution is -2.55. The normalized spacial score (nSPS) is 20.9. The number of hydrogen-bond donors (Lipinski definition) is 2. The van der Waals surface area contributed by atoms with Crippen LogP contribution in [0.2, 0.25) is 0 Å². The molecule has 0 aromatic heterocycles. The van der Waals surface area contributed by atoms with E-state index < -0.39 is 11.5 Å². The number of aliphatic carboxylic acids is 1. The maximum Gasteiger partial charge on any atom is 0.330 e. The molecule has 2 aromatic carbocycles. The van der Waals surface area contributed by atoms with Crippen molar-refractivity contribution in [1.82, 2.24) is 5.32 Å². The molecule has 1 saturated heterocycles. The smallest absolute Gasteiger partial charge is 0.330 e. The Morgan fingerprint density at radius 1 is 1.18 bits per heavy atom. The van der Waals surface area contributed by atoms with Gasteiger partial charge in [0.2, 0.25) is 5.91 Å². The van der Waals surface area contributed by atoms with E-state index in [1.165, 1.54) is 0 Å². The summed E-state index contributed by atoms with van der Waals surface area (Å²) in [4.78, 5) is 23.8. The highest BCUT2D eigenvalue weighted by Gasteiger charge is 2.43. The second-order valence-electron chi connectivity index (χ2n) is 5.55. The van der Waals surface area contributed by atoms with Gasteiger partial charge in [0.1, 0.15) is 5.54 Å². The summed E-state index contributed by atoms with van der Waals surface area (Å²) in [6, 6.07) is 13.7. The third kappa shape index (κ3) is 2.81. The van der Waals surface area contributed by atoms with Crippen LogP contribution >= 0.6 is 11.8 Å². The lowest BCUT2D eigenvalue weighted by Gasteiger charge is -2.24. The first-order chi connectivity index (χ1) is 10.6. The molecule has 4 nitrogen and oxygen atoms in total. The summed E-state index contributed by atoms with van der Waals surface area (Å²) >= 11 is 1.56. The molecular formula is C17H17NO3S. The molecule has 1 unspecified atom stereocenters. The van der Waals surface area contributed by atoms with Crippen LogP contribution in [-0.2, 0) is 16.0 Å². The van der Waals surface area contributed by atoms with Gasteiger partial charge in [0.05, 0.1) is 6.42 Å². The fourth-order valence-electron chi connectivity index (χ4n) is 2.82. The van der Waals surface area contributed by atoms with E-state index in [0.29, 0.717) is 12.2 Å². The van der Waals surface area contributed by atoms with Crippen LogP contribution in [0.15, 0.2) is 42.5 Å². The fourth-order valence-corrected chi connectivity index (χ4v) is 4.14. The quantitative estimate of drug-likeness (QED) is 0.909. The summed E-state index contributed by atoms with van der Waals surface area (Å²) < 4.78 is 0. The van der Waals surface area contributed by atoms with E-state index in [-0.39, 0.29) is 12.3 Å². The van der Waals surface area contributed by atoms with E-state index in [1.54, 1.807) is 11.8 Å². The molecule has 0 spiro atoms. The molecule has 0 aliphatic carbocycles. The number of rotatable bonds is 4. The Kier molecular flexibility index (Phi) is 4.07. The average molecular weight is 315 g/mol. The minimum Gasteiger partial charge on any atom is -0.479 e. The van der Waals surface area contributed by atoms with Crippen molar-refractivity contribution < 1.29 is 14.7 Å². The van der Waals surface area contributed by atoms with Crippen molar-refractivity contribution in [2.24, 2.45) is 0 Å². The Balaban J connectivity index is 1.80. The number of amides is 1. The number of carboxylic acids is 1. The van der Waals surface area contributed by atoms with E-state index in [2.05, 4.69) is 5.32 Å². The standard InChI is InChI=1S/C17H17NO3S/c19-15(18-17(16(20)21)8-9-22-11-17)10-13-6-3-5-12-4-1-2-7-14(12)13/h1-7H,8-11H2,(H,18,19)(H,20,21). The Bertz CT molecular complexity index is 717. The van der Waals surface area contributed by atoms with E-state index in [9.17, 15) is 14.7 Å². The van der Waals surface area contributed by atoms with Gasteiger partial charge in [-0.2, -0.15) is 11.8 Å². The van der Waals surface area contributed by atoms with E-state index >= 15 is 0 Å². The second kappa shape index (κ2) is 6.01. The molecule has 1 aliphatic rings.